The molecule has 0 aromatic heterocycles. The maximum absolute atomic E-state index is 3.70. The van der Waals surface area contributed by atoms with Gasteiger partial charge in [0.2, 0.25) is 0 Å². The summed E-state index contributed by atoms with van der Waals surface area (Å²) in [5.41, 5.74) is 0. The minimum atomic E-state index is 1.02. The molecule has 1 saturated heterocycles. The third-order valence-corrected chi connectivity index (χ3v) is 4.55. The Kier molecular flexibility index (Phi) is 6.41. The van der Waals surface area contributed by atoms with E-state index in [2.05, 4.69) is 5.32 Å². The van der Waals surface area contributed by atoms with Gasteiger partial charge >= 0.3 is 0 Å². The van der Waals surface area contributed by atoms with Gasteiger partial charge in [0, 0.05) is 6.04 Å². The topological polar surface area (TPSA) is 12.0 Å². The molecule has 1 unspecified atom stereocenters. The highest BCUT2D eigenvalue weighted by molar-refractivity contribution is 4.95. The van der Waals surface area contributed by atoms with Gasteiger partial charge in [0.05, 0.1) is 0 Å². The highest BCUT2D eigenvalue weighted by Crippen LogP contribution is 2.34. The lowest BCUT2D eigenvalue weighted by Crippen LogP contribution is -2.20. The molecular formula is C16H30N. The Bertz CT molecular complexity index is 170. The maximum atomic E-state index is 3.70. The van der Waals surface area contributed by atoms with Crippen LogP contribution in [0.1, 0.15) is 83.5 Å². The number of nitrogens with one attached hydrogen (secondary N) is 1. The monoisotopic (exact) mass is 236 g/mol. The van der Waals surface area contributed by atoms with Crippen LogP contribution in [0.3, 0.4) is 0 Å². The van der Waals surface area contributed by atoms with Crippen LogP contribution in [-0.4, -0.2) is 6.54 Å². The number of hydrogen-bond donors (Lipinski definition) is 1. The first-order valence-corrected chi connectivity index (χ1v) is 8.04. The standard InChI is InChI=1S/C16H30N/c1-2-4-6-8-10-15-11-12-16(14-15)17-13-9-7-5-3-1/h15,17H,1-14H2. The SMILES string of the molecule is C1CCCCCN[C]2CCC(CCCCC1)C2. The Morgan fingerprint density at radius 3 is 2.12 bits per heavy atom. The van der Waals surface area contributed by atoms with Crippen LogP contribution in [0.4, 0.5) is 0 Å². The molecule has 0 amide bonds. The van der Waals surface area contributed by atoms with Crippen molar-refractivity contribution in [1.29, 1.82) is 0 Å². The van der Waals surface area contributed by atoms with E-state index >= 15 is 0 Å². The van der Waals surface area contributed by atoms with Crippen molar-refractivity contribution < 1.29 is 0 Å². The van der Waals surface area contributed by atoms with Crippen LogP contribution >= 0.6 is 0 Å². The molecule has 1 aliphatic heterocycles. The Hall–Kier alpha value is -0.0400. The summed E-state index contributed by atoms with van der Waals surface area (Å²) in [5.74, 6) is 1.02. The van der Waals surface area contributed by atoms with E-state index in [1.54, 1.807) is 6.04 Å². The Labute approximate surface area is 108 Å². The smallest absolute Gasteiger partial charge is 0.0366 e. The van der Waals surface area contributed by atoms with Gasteiger partial charge in [0.25, 0.3) is 0 Å². The summed E-state index contributed by atoms with van der Waals surface area (Å²) < 4.78 is 0. The van der Waals surface area contributed by atoms with E-state index in [0.29, 0.717) is 0 Å². The normalized spacial score (nSPS) is 30.7. The van der Waals surface area contributed by atoms with Crippen molar-refractivity contribution in [3.05, 3.63) is 6.04 Å². The second-order valence-corrected chi connectivity index (χ2v) is 6.11. The predicted molar refractivity (Wildman–Crippen MR) is 74.8 cm³/mol. The molecular weight excluding hydrogens is 206 g/mol. The summed E-state index contributed by atoms with van der Waals surface area (Å²) in [6.45, 7) is 1.24. The van der Waals surface area contributed by atoms with Gasteiger partial charge in [0.15, 0.2) is 0 Å². The summed E-state index contributed by atoms with van der Waals surface area (Å²) in [6, 6.07) is 1.67. The molecule has 0 aromatic carbocycles. The average Bonchev–Trinajstić information content (AvgIpc) is 2.77. The largest absolute Gasteiger partial charge is 0.309 e. The van der Waals surface area contributed by atoms with Gasteiger partial charge in [-0.25, -0.2) is 0 Å². The highest BCUT2D eigenvalue weighted by Gasteiger charge is 2.24. The second-order valence-electron chi connectivity index (χ2n) is 6.11. The highest BCUT2D eigenvalue weighted by atomic mass is 14.9. The van der Waals surface area contributed by atoms with Crippen LogP contribution in [0.25, 0.3) is 0 Å². The Morgan fingerprint density at radius 2 is 1.35 bits per heavy atom. The molecule has 1 saturated carbocycles. The van der Waals surface area contributed by atoms with Gasteiger partial charge in [0.1, 0.15) is 0 Å². The van der Waals surface area contributed by atoms with Crippen molar-refractivity contribution in [3.63, 3.8) is 0 Å². The zero-order valence-electron chi connectivity index (χ0n) is 11.5. The fraction of sp³-hybridized carbons (Fsp3) is 0.938. The van der Waals surface area contributed by atoms with Gasteiger partial charge in [-0.2, -0.15) is 0 Å². The fourth-order valence-corrected chi connectivity index (χ4v) is 3.40. The minimum absolute atomic E-state index is 1.02. The zero-order chi connectivity index (χ0) is 11.8. The van der Waals surface area contributed by atoms with Crippen LogP contribution in [0.2, 0.25) is 0 Å². The number of hydrogen-bond acceptors (Lipinski definition) is 1. The Morgan fingerprint density at radius 1 is 0.706 bits per heavy atom. The summed E-state index contributed by atoms with van der Waals surface area (Å²) in [5, 5.41) is 3.70. The third kappa shape index (κ3) is 5.42. The van der Waals surface area contributed by atoms with Crippen LogP contribution in [0.15, 0.2) is 0 Å². The van der Waals surface area contributed by atoms with Crippen LogP contribution in [-0.2, 0) is 0 Å². The summed E-state index contributed by atoms with van der Waals surface area (Å²) in [7, 11) is 0. The molecule has 2 aliphatic rings. The van der Waals surface area contributed by atoms with Gasteiger partial charge in [-0.3, -0.25) is 0 Å². The fourth-order valence-electron chi connectivity index (χ4n) is 3.40. The lowest BCUT2D eigenvalue weighted by Gasteiger charge is -2.12. The van der Waals surface area contributed by atoms with Gasteiger partial charge in [-0.15, -0.1) is 0 Å². The number of fused-ring (bicyclic) bond motifs is 2. The lowest BCUT2D eigenvalue weighted by molar-refractivity contribution is 0.460. The van der Waals surface area contributed by atoms with Crippen molar-refractivity contribution in [2.45, 2.75) is 83.5 Å². The van der Waals surface area contributed by atoms with Crippen molar-refractivity contribution in [3.8, 4) is 0 Å². The van der Waals surface area contributed by atoms with Gasteiger partial charge < -0.3 is 5.32 Å². The summed E-state index contributed by atoms with van der Waals surface area (Å²) in [6.07, 6.45) is 18.9. The van der Waals surface area contributed by atoms with E-state index in [1.165, 1.54) is 90.0 Å². The lowest BCUT2D eigenvalue weighted by atomic mass is 9.98. The van der Waals surface area contributed by atoms with E-state index in [-0.39, 0.29) is 0 Å². The predicted octanol–water partition coefficient (Wildman–Crippen LogP) is 4.82. The molecule has 2 bridgehead atoms. The van der Waals surface area contributed by atoms with Crippen LogP contribution < -0.4 is 5.32 Å². The Balaban J connectivity index is 1.68. The molecule has 1 N–H and O–H groups in total. The van der Waals surface area contributed by atoms with Crippen LogP contribution in [0.5, 0.6) is 0 Å². The van der Waals surface area contributed by atoms with Crippen molar-refractivity contribution in [2.24, 2.45) is 5.92 Å². The molecule has 1 nitrogen and oxygen atoms in total. The average molecular weight is 236 g/mol. The quantitative estimate of drug-likeness (QED) is 0.635. The molecule has 1 heterocycles. The van der Waals surface area contributed by atoms with E-state index in [4.69, 9.17) is 0 Å². The van der Waals surface area contributed by atoms with Crippen molar-refractivity contribution >= 4 is 0 Å². The van der Waals surface area contributed by atoms with Gasteiger partial charge in [-0.1, -0.05) is 57.8 Å². The molecule has 0 aromatic rings. The summed E-state index contributed by atoms with van der Waals surface area (Å²) >= 11 is 0. The first-order valence-electron chi connectivity index (χ1n) is 8.04. The molecule has 1 radical (unpaired) electrons. The maximum Gasteiger partial charge on any atom is 0.0366 e. The van der Waals surface area contributed by atoms with Gasteiger partial charge in [-0.05, 0) is 38.1 Å². The summed E-state index contributed by atoms with van der Waals surface area (Å²) in [4.78, 5) is 0. The van der Waals surface area contributed by atoms with E-state index in [9.17, 15) is 0 Å². The molecule has 17 heavy (non-hydrogen) atoms. The molecule has 1 atom stereocenters. The first kappa shape index (κ1) is 13.4. The molecule has 1 aliphatic carbocycles. The molecule has 2 rings (SSSR count). The van der Waals surface area contributed by atoms with E-state index < -0.39 is 0 Å². The minimum Gasteiger partial charge on any atom is -0.309 e. The molecule has 1 heteroatoms. The number of rotatable bonds is 0. The van der Waals surface area contributed by atoms with E-state index in [1.807, 2.05) is 0 Å². The molecule has 99 valence electrons. The third-order valence-electron chi connectivity index (χ3n) is 4.55. The van der Waals surface area contributed by atoms with Crippen LogP contribution in [0, 0.1) is 12.0 Å². The second kappa shape index (κ2) is 8.13. The zero-order valence-corrected chi connectivity index (χ0v) is 11.5. The molecule has 0 spiro atoms. The van der Waals surface area contributed by atoms with Crippen molar-refractivity contribution in [1.82, 2.24) is 5.32 Å². The van der Waals surface area contributed by atoms with Crippen molar-refractivity contribution in [2.75, 3.05) is 6.54 Å². The van der Waals surface area contributed by atoms with E-state index in [0.717, 1.165) is 5.92 Å². The molecule has 2 fully saturated rings. The first-order chi connectivity index (χ1) is 8.45.